The van der Waals surface area contributed by atoms with Crippen molar-refractivity contribution < 1.29 is 4.74 Å². The molecule has 0 aromatic heterocycles. The number of rotatable bonds is 12. The van der Waals surface area contributed by atoms with Crippen molar-refractivity contribution in [3.8, 4) is 0 Å². The highest BCUT2D eigenvalue weighted by molar-refractivity contribution is 5.77. The zero-order valence-electron chi connectivity index (χ0n) is 12.2. The molecule has 3 N–H and O–H groups in total. The van der Waals surface area contributed by atoms with Crippen molar-refractivity contribution in [1.82, 2.24) is 5.32 Å². The smallest absolute Gasteiger partial charge is 0.188 e. The number of nitrogens with one attached hydrogen (secondary N) is 1. The van der Waals surface area contributed by atoms with E-state index in [1.807, 2.05) is 6.92 Å². The van der Waals surface area contributed by atoms with Gasteiger partial charge >= 0.3 is 0 Å². The molecule has 0 spiro atoms. The number of unbranched alkanes of at least 4 members (excludes halogenated alkanes) is 5. The zero-order valence-corrected chi connectivity index (χ0v) is 12.2. The van der Waals surface area contributed by atoms with Crippen molar-refractivity contribution in [3.63, 3.8) is 0 Å². The lowest BCUT2D eigenvalue weighted by atomic mass is 10.1. The fraction of sp³-hybridized carbons (Fsp3) is 0.929. The quantitative estimate of drug-likeness (QED) is 0.321. The van der Waals surface area contributed by atoms with Gasteiger partial charge in [0.05, 0.1) is 0 Å². The van der Waals surface area contributed by atoms with Crippen molar-refractivity contribution in [2.45, 2.75) is 58.8 Å². The molecule has 4 nitrogen and oxygen atoms in total. The van der Waals surface area contributed by atoms with E-state index >= 15 is 0 Å². The highest BCUT2D eigenvalue weighted by Gasteiger charge is 1.93. The van der Waals surface area contributed by atoms with Crippen LogP contribution in [0.2, 0.25) is 0 Å². The van der Waals surface area contributed by atoms with Crippen molar-refractivity contribution >= 4 is 5.96 Å². The zero-order chi connectivity index (χ0) is 13.5. The summed E-state index contributed by atoms with van der Waals surface area (Å²) >= 11 is 0. The van der Waals surface area contributed by atoms with Gasteiger partial charge < -0.3 is 15.8 Å². The minimum absolute atomic E-state index is 0.569. The summed E-state index contributed by atoms with van der Waals surface area (Å²) < 4.78 is 5.23. The molecule has 0 saturated carbocycles. The van der Waals surface area contributed by atoms with E-state index in [-0.39, 0.29) is 0 Å². The molecule has 0 amide bonds. The van der Waals surface area contributed by atoms with Crippen LogP contribution in [0.4, 0.5) is 0 Å². The summed E-state index contributed by atoms with van der Waals surface area (Å²) in [5.74, 6) is 0.569. The van der Waals surface area contributed by atoms with E-state index in [9.17, 15) is 0 Å². The van der Waals surface area contributed by atoms with Crippen LogP contribution in [-0.4, -0.2) is 32.3 Å². The average Bonchev–Trinajstić information content (AvgIpc) is 2.37. The van der Waals surface area contributed by atoms with Crippen molar-refractivity contribution in [1.29, 1.82) is 0 Å². The fourth-order valence-electron chi connectivity index (χ4n) is 1.69. The van der Waals surface area contributed by atoms with E-state index < -0.39 is 0 Å². The Balaban J connectivity index is 3.24. The van der Waals surface area contributed by atoms with Crippen LogP contribution < -0.4 is 11.1 Å². The molecule has 0 fully saturated rings. The third kappa shape index (κ3) is 13.3. The van der Waals surface area contributed by atoms with E-state index in [0.29, 0.717) is 5.96 Å². The van der Waals surface area contributed by atoms with Crippen LogP contribution in [0.3, 0.4) is 0 Å². The van der Waals surface area contributed by atoms with Crippen LogP contribution in [-0.2, 0) is 4.74 Å². The topological polar surface area (TPSA) is 59.6 Å². The predicted molar refractivity (Wildman–Crippen MR) is 79.0 cm³/mol. The van der Waals surface area contributed by atoms with Gasteiger partial charge in [-0.3, -0.25) is 4.99 Å². The van der Waals surface area contributed by atoms with E-state index in [1.54, 1.807) is 0 Å². The second kappa shape index (κ2) is 14.3. The molecule has 18 heavy (non-hydrogen) atoms. The molecule has 0 saturated heterocycles. The lowest BCUT2D eigenvalue weighted by molar-refractivity contribution is 0.146. The summed E-state index contributed by atoms with van der Waals surface area (Å²) in [6, 6.07) is 0. The Kier molecular flexibility index (Phi) is 13.7. The summed E-state index contributed by atoms with van der Waals surface area (Å²) in [6.07, 6.45) is 8.76. The van der Waals surface area contributed by atoms with Gasteiger partial charge in [0, 0.05) is 26.3 Å². The molecule has 108 valence electrons. The third-order valence-electron chi connectivity index (χ3n) is 2.77. The normalized spacial score (nSPS) is 11.8. The summed E-state index contributed by atoms with van der Waals surface area (Å²) in [7, 11) is 0. The fourth-order valence-corrected chi connectivity index (χ4v) is 1.69. The van der Waals surface area contributed by atoms with Gasteiger partial charge in [-0.05, 0) is 19.8 Å². The monoisotopic (exact) mass is 257 g/mol. The number of hydrogen-bond acceptors (Lipinski definition) is 2. The standard InChI is InChI=1S/C14H31N3O/c1-3-5-6-7-8-9-11-16-14(15)17-12-10-13-18-4-2/h3-13H2,1-2H3,(H3,15,16,17). The molecule has 0 atom stereocenters. The SMILES string of the molecule is CCCCCCCCNC(N)=NCCCOCC. The van der Waals surface area contributed by atoms with Crippen molar-refractivity contribution in [3.05, 3.63) is 0 Å². The van der Waals surface area contributed by atoms with E-state index in [0.717, 1.165) is 32.7 Å². The molecule has 0 aromatic carbocycles. The van der Waals surface area contributed by atoms with Gasteiger partial charge in [0.25, 0.3) is 0 Å². The summed E-state index contributed by atoms with van der Waals surface area (Å²) in [6.45, 7) is 7.46. The highest BCUT2D eigenvalue weighted by atomic mass is 16.5. The molecule has 0 aliphatic heterocycles. The van der Waals surface area contributed by atoms with Gasteiger partial charge in [-0.2, -0.15) is 0 Å². The molecule has 0 aliphatic carbocycles. The Hall–Kier alpha value is -0.770. The molecule has 0 bridgehead atoms. The molecule has 0 aromatic rings. The maximum Gasteiger partial charge on any atom is 0.188 e. The minimum atomic E-state index is 0.569. The van der Waals surface area contributed by atoms with Crippen LogP contribution in [0.25, 0.3) is 0 Å². The Morgan fingerprint density at radius 2 is 1.78 bits per heavy atom. The molecule has 0 radical (unpaired) electrons. The number of nitrogens with two attached hydrogens (primary N) is 1. The number of hydrogen-bond donors (Lipinski definition) is 2. The molecule has 0 aliphatic rings. The van der Waals surface area contributed by atoms with Gasteiger partial charge in [0.1, 0.15) is 0 Å². The highest BCUT2D eigenvalue weighted by Crippen LogP contribution is 2.03. The maximum atomic E-state index is 5.75. The summed E-state index contributed by atoms with van der Waals surface area (Å²) in [5, 5.41) is 3.15. The van der Waals surface area contributed by atoms with Crippen LogP contribution in [0.15, 0.2) is 4.99 Å². The number of aliphatic imine (C=N–C) groups is 1. The average molecular weight is 257 g/mol. The number of nitrogens with zero attached hydrogens (tertiary/aromatic N) is 1. The molecule has 0 heterocycles. The Labute approximate surface area is 112 Å². The first-order valence-electron chi connectivity index (χ1n) is 7.42. The number of guanidine groups is 1. The lowest BCUT2D eigenvalue weighted by Gasteiger charge is -2.05. The van der Waals surface area contributed by atoms with Gasteiger partial charge in [0.2, 0.25) is 0 Å². The van der Waals surface area contributed by atoms with Gasteiger partial charge in [0.15, 0.2) is 5.96 Å². The molecule has 0 unspecified atom stereocenters. The first kappa shape index (κ1) is 17.2. The molecular formula is C14H31N3O. The van der Waals surface area contributed by atoms with Gasteiger partial charge in [-0.25, -0.2) is 0 Å². The third-order valence-corrected chi connectivity index (χ3v) is 2.77. The van der Waals surface area contributed by atoms with Crippen molar-refractivity contribution in [2.75, 3.05) is 26.3 Å². The minimum Gasteiger partial charge on any atom is -0.382 e. The summed E-state index contributed by atoms with van der Waals surface area (Å²) in [5.41, 5.74) is 5.75. The van der Waals surface area contributed by atoms with Crippen molar-refractivity contribution in [2.24, 2.45) is 10.7 Å². The second-order valence-corrected chi connectivity index (χ2v) is 4.51. The van der Waals surface area contributed by atoms with Crippen LogP contribution >= 0.6 is 0 Å². The van der Waals surface area contributed by atoms with Crippen LogP contribution in [0.5, 0.6) is 0 Å². The van der Waals surface area contributed by atoms with Crippen LogP contribution in [0.1, 0.15) is 58.8 Å². The molecule has 0 rings (SSSR count). The lowest BCUT2D eigenvalue weighted by Crippen LogP contribution is -2.32. The van der Waals surface area contributed by atoms with Gasteiger partial charge in [-0.15, -0.1) is 0 Å². The van der Waals surface area contributed by atoms with E-state index in [4.69, 9.17) is 10.5 Å². The first-order chi connectivity index (χ1) is 8.81. The second-order valence-electron chi connectivity index (χ2n) is 4.51. The summed E-state index contributed by atoms with van der Waals surface area (Å²) in [4.78, 5) is 4.25. The maximum absolute atomic E-state index is 5.75. The van der Waals surface area contributed by atoms with E-state index in [1.165, 1.54) is 38.5 Å². The first-order valence-corrected chi connectivity index (χ1v) is 7.42. The van der Waals surface area contributed by atoms with E-state index in [2.05, 4.69) is 17.2 Å². The van der Waals surface area contributed by atoms with Gasteiger partial charge in [-0.1, -0.05) is 39.0 Å². The van der Waals surface area contributed by atoms with Crippen LogP contribution in [0, 0.1) is 0 Å². The molecule has 4 heteroatoms. The Bertz CT molecular complexity index is 195. The Morgan fingerprint density at radius 1 is 1.06 bits per heavy atom. The number of ether oxygens (including phenoxy) is 1. The molecular weight excluding hydrogens is 226 g/mol. The Morgan fingerprint density at radius 3 is 2.50 bits per heavy atom. The largest absolute Gasteiger partial charge is 0.382 e. The predicted octanol–water partition coefficient (Wildman–Crippen LogP) is 2.68.